The number of halogens is 1. The minimum absolute atomic E-state index is 0.211. The summed E-state index contributed by atoms with van der Waals surface area (Å²) in [6.07, 6.45) is 4.31. The molecule has 1 saturated heterocycles. The Kier molecular flexibility index (Phi) is 6.62. The molecular weight excluding hydrogens is 439 g/mol. The molecule has 2 aromatic heterocycles. The zero-order valence-corrected chi connectivity index (χ0v) is 20.4. The fraction of sp³-hybridized carbons (Fsp3) is 0.345. The molecule has 1 fully saturated rings. The predicted molar refractivity (Wildman–Crippen MR) is 136 cm³/mol. The number of fused-ring (bicyclic) bond motifs is 1. The molecule has 0 radical (unpaired) electrons. The maximum atomic E-state index is 13.7. The first-order valence-electron chi connectivity index (χ1n) is 12.4. The van der Waals surface area contributed by atoms with Crippen molar-refractivity contribution in [1.82, 2.24) is 19.5 Å². The summed E-state index contributed by atoms with van der Waals surface area (Å²) in [5, 5.41) is 4.68. The lowest BCUT2D eigenvalue weighted by atomic mass is 9.90. The third-order valence-electron chi connectivity index (χ3n) is 7.21. The lowest BCUT2D eigenvalue weighted by molar-refractivity contribution is -0.132. The maximum absolute atomic E-state index is 13.7. The number of piperidine rings is 1. The molecule has 180 valence electrons. The third-order valence-corrected chi connectivity index (χ3v) is 7.21. The first-order valence-corrected chi connectivity index (χ1v) is 12.4. The highest BCUT2D eigenvalue weighted by Crippen LogP contribution is 2.25. The lowest BCUT2D eigenvalue weighted by Crippen LogP contribution is -2.39. The van der Waals surface area contributed by atoms with Gasteiger partial charge < -0.3 is 4.90 Å². The molecule has 5 nitrogen and oxygen atoms in total. The third kappa shape index (κ3) is 5.11. The molecule has 5 rings (SSSR count). The van der Waals surface area contributed by atoms with Gasteiger partial charge in [-0.3, -0.25) is 4.79 Å². The van der Waals surface area contributed by atoms with Gasteiger partial charge in [-0.1, -0.05) is 42.5 Å². The number of carbonyl (C=O) groups excluding carboxylic acids is 1. The van der Waals surface area contributed by atoms with Gasteiger partial charge in [-0.2, -0.15) is 5.10 Å². The highest BCUT2D eigenvalue weighted by molar-refractivity contribution is 5.76. The quantitative estimate of drug-likeness (QED) is 0.370. The van der Waals surface area contributed by atoms with Gasteiger partial charge in [-0.15, -0.1) is 0 Å². The first-order chi connectivity index (χ1) is 17.0. The van der Waals surface area contributed by atoms with E-state index in [1.54, 1.807) is 6.07 Å². The Bertz CT molecular complexity index is 1340. The molecule has 1 amide bonds. The van der Waals surface area contributed by atoms with Crippen LogP contribution >= 0.6 is 0 Å². The number of carbonyl (C=O) groups is 1. The van der Waals surface area contributed by atoms with E-state index in [4.69, 9.17) is 4.98 Å². The number of benzene rings is 2. The summed E-state index contributed by atoms with van der Waals surface area (Å²) in [7, 11) is 0. The van der Waals surface area contributed by atoms with Crippen molar-refractivity contribution in [3.05, 3.63) is 89.0 Å². The minimum atomic E-state index is -0.288. The van der Waals surface area contributed by atoms with Crippen LogP contribution < -0.4 is 0 Å². The molecule has 0 bridgehead atoms. The standard InChI is InChI=1S/C29H31FN4O/c1-20-26(21(2)34-28(31-20)19-27(32-34)24-9-6-10-25(30)18-24)11-12-29(35)33-15-13-23(14-16-33)17-22-7-4-3-5-8-22/h3-10,18-19,23H,11-17H2,1-2H3. The molecule has 0 unspecified atom stereocenters. The van der Waals surface area contributed by atoms with Crippen molar-refractivity contribution in [1.29, 1.82) is 0 Å². The second-order valence-electron chi connectivity index (χ2n) is 9.58. The van der Waals surface area contributed by atoms with E-state index in [9.17, 15) is 9.18 Å². The van der Waals surface area contributed by atoms with Crippen LogP contribution in [0.3, 0.4) is 0 Å². The summed E-state index contributed by atoms with van der Waals surface area (Å²) in [6.45, 7) is 5.67. The van der Waals surface area contributed by atoms with Gasteiger partial charge in [0.1, 0.15) is 5.82 Å². The van der Waals surface area contributed by atoms with Crippen molar-refractivity contribution in [3.8, 4) is 11.3 Å². The number of aryl methyl sites for hydroxylation is 2. The Hall–Kier alpha value is -3.54. The van der Waals surface area contributed by atoms with Crippen molar-refractivity contribution in [3.63, 3.8) is 0 Å². The smallest absolute Gasteiger partial charge is 0.222 e. The van der Waals surface area contributed by atoms with Crippen molar-refractivity contribution >= 4 is 11.6 Å². The largest absolute Gasteiger partial charge is 0.343 e. The van der Waals surface area contributed by atoms with E-state index in [-0.39, 0.29) is 11.7 Å². The number of nitrogens with zero attached hydrogens (tertiary/aromatic N) is 4. The molecule has 35 heavy (non-hydrogen) atoms. The molecule has 0 atom stereocenters. The van der Waals surface area contributed by atoms with E-state index < -0.39 is 0 Å². The fourth-order valence-corrected chi connectivity index (χ4v) is 5.20. The van der Waals surface area contributed by atoms with Crippen LogP contribution in [0.25, 0.3) is 16.9 Å². The number of likely N-dealkylation sites (tertiary alicyclic amines) is 1. The lowest BCUT2D eigenvalue weighted by Gasteiger charge is -2.32. The van der Waals surface area contributed by atoms with Gasteiger partial charge in [0.15, 0.2) is 5.65 Å². The number of hydrogen-bond donors (Lipinski definition) is 0. The van der Waals surface area contributed by atoms with E-state index in [0.29, 0.717) is 24.5 Å². The number of rotatable bonds is 6. The van der Waals surface area contributed by atoms with Gasteiger partial charge in [0.25, 0.3) is 0 Å². The molecule has 6 heteroatoms. The van der Waals surface area contributed by atoms with Crippen LogP contribution in [-0.4, -0.2) is 38.5 Å². The van der Waals surface area contributed by atoms with Crippen LogP contribution in [0.4, 0.5) is 4.39 Å². The summed E-state index contributed by atoms with van der Waals surface area (Å²) >= 11 is 0. The minimum Gasteiger partial charge on any atom is -0.343 e. The highest BCUT2D eigenvalue weighted by Gasteiger charge is 2.23. The predicted octanol–water partition coefficient (Wildman–Crippen LogP) is 5.57. The Morgan fingerprint density at radius 2 is 1.80 bits per heavy atom. The zero-order chi connectivity index (χ0) is 24.4. The molecule has 0 spiro atoms. The second kappa shape index (κ2) is 9.98. The summed E-state index contributed by atoms with van der Waals surface area (Å²) in [5.74, 6) is 0.566. The zero-order valence-electron chi connectivity index (χ0n) is 20.4. The van der Waals surface area contributed by atoms with Gasteiger partial charge in [-0.05, 0) is 68.7 Å². The van der Waals surface area contributed by atoms with Crippen LogP contribution in [0.5, 0.6) is 0 Å². The molecule has 1 aliphatic heterocycles. The highest BCUT2D eigenvalue weighted by atomic mass is 19.1. The molecule has 1 aliphatic rings. The maximum Gasteiger partial charge on any atom is 0.222 e. The monoisotopic (exact) mass is 470 g/mol. The van der Waals surface area contributed by atoms with Crippen LogP contribution in [0, 0.1) is 25.6 Å². The Labute approximate surface area is 205 Å². The SMILES string of the molecule is Cc1nc2cc(-c3cccc(F)c3)nn2c(C)c1CCC(=O)N1CCC(Cc2ccccc2)CC1. The van der Waals surface area contributed by atoms with E-state index in [0.717, 1.165) is 60.5 Å². The first kappa shape index (κ1) is 23.2. The summed E-state index contributed by atoms with van der Waals surface area (Å²) < 4.78 is 15.5. The van der Waals surface area contributed by atoms with Crippen molar-refractivity contribution < 1.29 is 9.18 Å². The topological polar surface area (TPSA) is 50.5 Å². The van der Waals surface area contributed by atoms with E-state index in [1.807, 2.05) is 35.4 Å². The molecule has 0 aliphatic carbocycles. The number of aromatic nitrogens is 3. The molecule has 3 heterocycles. The molecule has 0 saturated carbocycles. The summed E-state index contributed by atoms with van der Waals surface area (Å²) in [5.41, 5.74) is 6.46. The average molecular weight is 471 g/mol. The van der Waals surface area contributed by atoms with E-state index in [1.165, 1.54) is 17.7 Å². The van der Waals surface area contributed by atoms with Crippen LogP contribution in [0.1, 0.15) is 41.8 Å². The summed E-state index contributed by atoms with van der Waals surface area (Å²) in [4.78, 5) is 19.7. The molecule has 2 aromatic carbocycles. The van der Waals surface area contributed by atoms with E-state index >= 15 is 0 Å². The van der Waals surface area contributed by atoms with Crippen molar-refractivity contribution in [2.24, 2.45) is 5.92 Å². The Morgan fingerprint density at radius 1 is 1.03 bits per heavy atom. The van der Waals surface area contributed by atoms with Crippen molar-refractivity contribution in [2.75, 3.05) is 13.1 Å². The molecule has 4 aromatic rings. The molecule has 0 N–H and O–H groups in total. The average Bonchev–Trinajstić information content (AvgIpc) is 3.29. The van der Waals surface area contributed by atoms with Gasteiger partial charge in [0, 0.05) is 42.5 Å². The number of amides is 1. The normalized spacial score (nSPS) is 14.5. The van der Waals surface area contributed by atoms with Crippen LogP contribution in [-0.2, 0) is 17.6 Å². The molecular formula is C29H31FN4O. The van der Waals surface area contributed by atoms with Gasteiger partial charge in [-0.25, -0.2) is 13.9 Å². The van der Waals surface area contributed by atoms with Gasteiger partial charge in [0.05, 0.1) is 5.69 Å². The van der Waals surface area contributed by atoms with Crippen LogP contribution in [0.2, 0.25) is 0 Å². The van der Waals surface area contributed by atoms with Crippen LogP contribution in [0.15, 0.2) is 60.7 Å². The Morgan fingerprint density at radius 3 is 2.54 bits per heavy atom. The van der Waals surface area contributed by atoms with Crippen molar-refractivity contribution in [2.45, 2.75) is 46.0 Å². The Balaban J connectivity index is 1.23. The van der Waals surface area contributed by atoms with E-state index in [2.05, 4.69) is 35.4 Å². The van der Waals surface area contributed by atoms with Gasteiger partial charge in [0.2, 0.25) is 5.91 Å². The second-order valence-corrected chi connectivity index (χ2v) is 9.58. The number of hydrogen-bond acceptors (Lipinski definition) is 3. The fourth-order valence-electron chi connectivity index (χ4n) is 5.20. The summed E-state index contributed by atoms with van der Waals surface area (Å²) in [6, 6.07) is 18.9. The van der Waals surface area contributed by atoms with Gasteiger partial charge >= 0.3 is 0 Å².